The van der Waals surface area contributed by atoms with E-state index in [2.05, 4.69) is 23.6 Å². The molecule has 1 aromatic heterocycles. The van der Waals surface area contributed by atoms with Crippen LogP contribution < -0.4 is 4.72 Å². The van der Waals surface area contributed by atoms with E-state index in [9.17, 15) is 8.42 Å². The van der Waals surface area contributed by atoms with Crippen LogP contribution in [0.2, 0.25) is 5.15 Å². The average molecular weight is 328 g/mol. The zero-order valence-electron chi connectivity index (χ0n) is 9.69. The zero-order valence-corrected chi connectivity index (χ0v) is 12.1. The topological polar surface area (TPSA) is 96.7 Å². The first-order valence-corrected chi connectivity index (χ1v) is 7.89. The number of aromatic nitrogens is 2. The minimum absolute atomic E-state index is 0.0421. The average Bonchev–Trinajstić information content (AvgIpc) is 2.89. The molecule has 7 nitrogen and oxygen atoms in total. The van der Waals surface area contributed by atoms with E-state index >= 15 is 0 Å². The highest BCUT2D eigenvalue weighted by molar-refractivity contribution is 7.93. The van der Waals surface area contributed by atoms with Crippen molar-refractivity contribution in [3.05, 3.63) is 35.5 Å². The lowest BCUT2D eigenvalue weighted by atomic mass is 10.3. The second-order valence-corrected chi connectivity index (χ2v) is 6.30. The normalized spacial score (nSPS) is 12.8. The zero-order chi connectivity index (χ0) is 14.2. The maximum Gasteiger partial charge on any atom is 0.265 e. The van der Waals surface area contributed by atoms with E-state index in [-0.39, 0.29) is 15.9 Å². The Kier molecular flexibility index (Phi) is 3.24. The fraction of sp³-hybridized carbons (Fsp3) is 0. The van der Waals surface area contributed by atoms with Crippen molar-refractivity contribution >= 4 is 50.2 Å². The van der Waals surface area contributed by atoms with Gasteiger partial charge in [-0.1, -0.05) is 17.7 Å². The van der Waals surface area contributed by atoms with Crippen LogP contribution in [0.4, 0.5) is 17.2 Å². The first-order valence-electron chi connectivity index (χ1n) is 5.29. The third-order valence-electron chi connectivity index (χ3n) is 2.41. The van der Waals surface area contributed by atoms with Crippen molar-refractivity contribution in [2.75, 3.05) is 4.72 Å². The molecule has 3 rings (SSSR count). The number of nitrogens with zero attached hydrogens (tertiary/aromatic N) is 4. The first kappa shape index (κ1) is 13.2. The molecule has 10 heteroatoms. The van der Waals surface area contributed by atoms with Gasteiger partial charge in [-0.15, -0.1) is 10.2 Å². The van der Waals surface area contributed by atoms with E-state index in [4.69, 9.17) is 11.6 Å². The number of halogens is 1. The molecule has 0 saturated heterocycles. The number of rotatable bonds is 3. The van der Waals surface area contributed by atoms with Gasteiger partial charge < -0.3 is 0 Å². The highest BCUT2D eigenvalue weighted by Gasteiger charge is 2.22. The van der Waals surface area contributed by atoms with Gasteiger partial charge in [-0.25, -0.2) is 8.42 Å². The lowest BCUT2D eigenvalue weighted by Gasteiger charge is -2.08. The second-order valence-electron chi connectivity index (χ2n) is 3.73. The van der Waals surface area contributed by atoms with Crippen LogP contribution in [0, 0.1) is 0 Å². The van der Waals surface area contributed by atoms with Gasteiger partial charge in [-0.2, -0.15) is 8.73 Å². The number of nitrogens with one attached hydrogen (secondary N) is 1. The van der Waals surface area contributed by atoms with E-state index in [1.54, 1.807) is 12.1 Å². The summed E-state index contributed by atoms with van der Waals surface area (Å²) in [4.78, 5) is 0.0421. The third-order valence-corrected chi connectivity index (χ3v) is 4.54. The molecule has 2 heterocycles. The van der Waals surface area contributed by atoms with Crippen LogP contribution in [-0.2, 0) is 21.4 Å². The highest BCUT2D eigenvalue weighted by Crippen LogP contribution is 2.37. The molecule has 0 fully saturated rings. The summed E-state index contributed by atoms with van der Waals surface area (Å²) >= 11 is 6.55. The summed E-state index contributed by atoms with van der Waals surface area (Å²) in [6.07, 6.45) is 0. The fourth-order valence-electron chi connectivity index (χ4n) is 1.56. The van der Waals surface area contributed by atoms with Gasteiger partial charge in [0.15, 0.2) is 11.0 Å². The van der Waals surface area contributed by atoms with Gasteiger partial charge >= 0.3 is 0 Å². The Morgan fingerprint density at radius 2 is 1.95 bits per heavy atom. The van der Waals surface area contributed by atoms with Crippen molar-refractivity contribution in [3.8, 4) is 0 Å². The smallest absolute Gasteiger partial charge is 0.262 e. The number of anilines is 1. The molecular formula is C10H6ClN5O2S2. The summed E-state index contributed by atoms with van der Waals surface area (Å²) in [5.74, 6) is 0.0783. The first-order chi connectivity index (χ1) is 9.56. The summed E-state index contributed by atoms with van der Waals surface area (Å²) in [5.41, 5.74) is 0.854. The van der Waals surface area contributed by atoms with Crippen molar-refractivity contribution in [3.63, 3.8) is 0 Å². The van der Waals surface area contributed by atoms with Gasteiger partial charge in [0.1, 0.15) is 16.3 Å². The predicted molar refractivity (Wildman–Crippen MR) is 75.8 cm³/mol. The molecule has 0 spiro atoms. The molecule has 0 saturated carbocycles. The Hall–Kier alpha value is -1.84. The van der Waals surface area contributed by atoms with Gasteiger partial charge in [0.05, 0.1) is 11.4 Å². The largest absolute Gasteiger partial charge is 0.265 e. The van der Waals surface area contributed by atoms with Crippen molar-refractivity contribution in [1.29, 1.82) is 0 Å². The molecule has 102 valence electrons. The monoisotopic (exact) mass is 327 g/mol. The molecule has 0 unspecified atom stereocenters. The molecule has 1 aliphatic heterocycles. The lowest BCUT2D eigenvalue weighted by Crippen LogP contribution is -2.14. The van der Waals surface area contributed by atoms with Gasteiger partial charge in [-0.3, -0.25) is 4.72 Å². The van der Waals surface area contributed by atoms with E-state index in [1.165, 1.54) is 18.2 Å². The SMILES string of the molecule is O=S(=O)(Nc1ccc(Cl)nn1)c1cccc2c1N=S=N2. The van der Waals surface area contributed by atoms with Crippen molar-refractivity contribution in [1.82, 2.24) is 10.2 Å². The second kappa shape index (κ2) is 4.93. The van der Waals surface area contributed by atoms with E-state index < -0.39 is 10.0 Å². The van der Waals surface area contributed by atoms with Gasteiger partial charge in [0.2, 0.25) is 0 Å². The minimum atomic E-state index is -3.81. The van der Waals surface area contributed by atoms with E-state index in [0.29, 0.717) is 11.4 Å². The van der Waals surface area contributed by atoms with E-state index in [0.717, 1.165) is 11.4 Å². The molecule has 0 aliphatic carbocycles. The molecule has 1 N–H and O–H groups in total. The number of hydrogen-bond acceptors (Lipinski definition) is 6. The molecule has 2 aromatic rings. The predicted octanol–water partition coefficient (Wildman–Crippen LogP) is 2.66. The Bertz CT molecular complexity index is 844. The summed E-state index contributed by atoms with van der Waals surface area (Å²) in [7, 11) is -3.81. The molecule has 1 aromatic carbocycles. The molecule has 0 bridgehead atoms. The van der Waals surface area contributed by atoms with Gasteiger partial charge in [-0.05, 0) is 24.3 Å². The van der Waals surface area contributed by atoms with Crippen LogP contribution >= 0.6 is 11.6 Å². The molecule has 20 heavy (non-hydrogen) atoms. The molecule has 0 radical (unpaired) electrons. The van der Waals surface area contributed by atoms with Crippen molar-refractivity contribution in [2.24, 2.45) is 8.73 Å². The maximum atomic E-state index is 12.3. The highest BCUT2D eigenvalue weighted by atomic mass is 35.5. The Morgan fingerprint density at radius 1 is 1.10 bits per heavy atom. The van der Waals surface area contributed by atoms with Crippen LogP contribution in [-0.4, -0.2) is 18.6 Å². The summed E-state index contributed by atoms with van der Waals surface area (Å²) in [5, 5.41) is 7.40. The lowest BCUT2D eigenvalue weighted by molar-refractivity contribution is 0.601. The number of sulfonamides is 1. The number of benzene rings is 1. The van der Waals surface area contributed by atoms with Crippen LogP contribution in [0.5, 0.6) is 0 Å². The van der Waals surface area contributed by atoms with Crippen LogP contribution in [0.3, 0.4) is 0 Å². The number of hydrogen-bond donors (Lipinski definition) is 1. The standard InChI is InChI=1S/C10H6ClN5O2S2/c11-8-4-5-9(13-12-8)16-20(17,18)7-3-1-2-6-10(7)15-19-14-6/h1-5H,(H,13,16). The summed E-state index contributed by atoms with van der Waals surface area (Å²) < 4.78 is 35.0. The van der Waals surface area contributed by atoms with Gasteiger partial charge in [0, 0.05) is 0 Å². The van der Waals surface area contributed by atoms with Crippen LogP contribution in [0.15, 0.2) is 44.0 Å². The Balaban J connectivity index is 1.99. The van der Waals surface area contributed by atoms with E-state index in [1.807, 2.05) is 0 Å². The fourth-order valence-corrected chi connectivity index (χ4v) is 3.43. The van der Waals surface area contributed by atoms with Crippen LogP contribution in [0.1, 0.15) is 0 Å². The van der Waals surface area contributed by atoms with Crippen LogP contribution in [0.25, 0.3) is 0 Å². The van der Waals surface area contributed by atoms with Crippen molar-refractivity contribution < 1.29 is 8.42 Å². The van der Waals surface area contributed by atoms with Gasteiger partial charge in [0.25, 0.3) is 10.0 Å². The number of fused-ring (bicyclic) bond motifs is 1. The summed E-state index contributed by atoms with van der Waals surface area (Å²) in [6, 6.07) is 7.62. The maximum absolute atomic E-state index is 12.3. The molecule has 0 atom stereocenters. The molecule has 1 aliphatic rings. The molecular weight excluding hydrogens is 322 g/mol. The minimum Gasteiger partial charge on any atom is -0.262 e. The molecule has 0 amide bonds. The van der Waals surface area contributed by atoms with Crippen molar-refractivity contribution in [2.45, 2.75) is 4.90 Å². The summed E-state index contributed by atoms with van der Waals surface area (Å²) in [6.45, 7) is 0. The Morgan fingerprint density at radius 3 is 2.70 bits per heavy atom. The third kappa shape index (κ3) is 2.42. The quantitative estimate of drug-likeness (QED) is 0.799. The Labute approximate surface area is 122 Å².